The Morgan fingerprint density at radius 3 is 1.58 bits per heavy atom. The molecule has 0 fully saturated rings. The lowest BCUT2D eigenvalue weighted by Crippen LogP contribution is -2.10. The van der Waals surface area contributed by atoms with Crippen LogP contribution >= 0.6 is 0 Å². The Bertz CT molecular complexity index is 2800. The molecule has 0 unspecified atom stereocenters. The van der Waals surface area contributed by atoms with Crippen LogP contribution in [0.15, 0.2) is 189 Å². The fourth-order valence-electron chi connectivity index (χ4n) is 7.91. The molecule has 0 aliphatic rings. The minimum Gasteiger partial charge on any atom is -0.310 e. The van der Waals surface area contributed by atoms with Crippen molar-refractivity contribution in [2.75, 3.05) is 4.90 Å². The average Bonchev–Trinajstić information content (AvgIpc) is 3.21. The highest BCUT2D eigenvalue weighted by molar-refractivity contribution is 6.14. The van der Waals surface area contributed by atoms with Crippen molar-refractivity contribution in [3.63, 3.8) is 0 Å². The molecule has 1 nitrogen and oxygen atoms in total. The minimum atomic E-state index is 1.10. The molecule has 0 bridgehead atoms. The van der Waals surface area contributed by atoms with Crippen molar-refractivity contribution in [1.82, 2.24) is 0 Å². The van der Waals surface area contributed by atoms with Gasteiger partial charge in [0, 0.05) is 16.8 Å². The first-order chi connectivity index (χ1) is 25.7. The van der Waals surface area contributed by atoms with Gasteiger partial charge in [-0.3, -0.25) is 0 Å². The molecule has 0 aliphatic carbocycles. The van der Waals surface area contributed by atoms with Crippen LogP contribution in [0, 0.1) is 0 Å². The van der Waals surface area contributed by atoms with Gasteiger partial charge >= 0.3 is 0 Å². The third-order valence-electron chi connectivity index (χ3n) is 10.3. The van der Waals surface area contributed by atoms with Crippen molar-refractivity contribution in [1.29, 1.82) is 0 Å². The third kappa shape index (κ3) is 5.35. The topological polar surface area (TPSA) is 3.24 Å². The molecular weight excluding hydrogens is 627 g/mol. The van der Waals surface area contributed by atoms with Crippen LogP contribution in [0.1, 0.15) is 18.1 Å². The summed E-state index contributed by atoms with van der Waals surface area (Å²) >= 11 is 0. The molecule has 0 heterocycles. The van der Waals surface area contributed by atoms with E-state index < -0.39 is 0 Å². The number of anilines is 3. The normalized spacial score (nSPS) is 11.6. The van der Waals surface area contributed by atoms with E-state index in [4.69, 9.17) is 0 Å². The zero-order valence-corrected chi connectivity index (χ0v) is 29.1. The number of fused-ring (bicyclic) bond motifs is 5. The number of nitrogens with zero attached hydrogens (tertiary/aromatic N) is 1. The van der Waals surface area contributed by atoms with Gasteiger partial charge in [0.2, 0.25) is 0 Å². The Hall–Kier alpha value is -6.70. The molecule has 0 aromatic heterocycles. The summed E-state index contributed by atoms with van der Waals surface area (Å²) in [5.41, 5.74) is 10.5. The van der Waals surface area contributed by atoms with E-state index in [1.807, 2.05) is 6.08 Å². The summed E-state index contributed by atoms with van der Waals surface area (Å²) in [5, 5.41) is 9.94. The van der Waals surface area contributed by atoms with Gasteiger partial charge in [0.15, 0.2) is 0 Å². The highest BCUT2D eigenvalue weighted by Crippen LogP contribution is 2.42. The first-order valence-corrected chi connectivity index (χ1v) is 17.9. The maximum Gasteiger partial charge on any atom is 0.0540 e. The molecule has 0 atom stereocenters. The van der Waals surface area contributed by atoms with Crippen molar-refractivity contribution >= 4 is 72.3 Å². The lowest BCUT2D eigenvalue weighted by atomic mass is 9.91. The van der Waals surface area contributed by atoms with Crippen LogP contribution in [0.3, 0.4) is 0 Å². The smallest absolute Gasteiger partial charge is 0.0540 e. The van der Waals surface area contributed by atoms with Gasteiger partial charge in [-0.25, -0.2) is 0 Å². The zero-order chi connectivity index (χ0) is 35.0. The van der Waals surface area contributed by atoms with Crippen LogP contribution in [0.2, 0.25) is 0 Å². The van der Waals surface area contributed by atoms with Crippen LogP contribution < -0.4 is 4.90 Å². The Balaban J connectivity index is 1.18. The zero-order valence-electron chi connectivity index (χ0n) is 29.1. The molecule has 9 aromatic carbocycles. The summed E-state index contributed by atoms with van der Waals surface area (Å²) in [4.78, 5) is 2.39. The molecule has 0 saturated carbocycles. The lowest BCUT2D eigenvalue weighted by Gasteiger charge is -2.27. The molecule has 52 heavy (non-hydrogen) atoms. The van der Waals surface area contributed by atoms with Crippen LogP contribution in [0.4, 0.5) is 17.1 Å². The molecule has 9 aromatic rings. The summed E-state index contributed by atoms with van der Waals surface area (Å²) in [6.07, 6.45) is 6.24. The third-order valence-corrected chi connectivity index (χ3v) is 10.3. The maximum absolute atomic E-state index is 4.14. The molecule has 246 valence electrons. The van der Waals surface area contributed by atoms with E-state index in [-0.39, 0.29) is 0 Å². The van der Waals surface area contributed by atoms with Gasteiger partial charge in [0.1, 0.15) is 0 Å². The largest absolute Gasteiger partial charge is 0.310 e. The second-order valence-corrected chi connectivity index (χ2v) is 13.3. The monoisotopic (exact) mass is 663 g/mol. The summed E-state index contributed by atoms with van der Waals surface area (Å²) in [6.45, 7) is 6.21. The van der Waals surface area contributed by atoms with Gasteiger partial charge in [-0.05, 0) is 120 Å². The molecule has 9 rings (SSSR count). The number of rotatable bonds is 7. The highest BCUT2D eigenvalue weighted by atomic mass is 15.1. The van der Waals surface area contributed by atoms with Crippen LogP contribution in [0.25, 0.3) is 77.5 Å². The van der Waals surface area contributed by atoms with Crippen molar-refractivity contribution in [2.45, 2.75) is 6.92 Å². The SMILES string of the molecule is C=Cc1c(/C=C\C)cc(-c2ccc(N(c3ccc(-c4cc5ccccc5c5ccccc45)cc3)c3cccc4ccccc34)cc2)c2ccccc12. The number of allylic oxidation sites excluding steroid dienone is 1. The van der Waals surface area contributed by atoms with E-state index in [2.05, 4.69) is 206 Å². The van der Waals surface area contributed by atoms with E-state index in [1.54, 1.807) is 0 Å². The second-order valence-electron chi connectivity index (χ2n) is 13.3. The van der Waals surface area contributed by atoms with E-state index >= 15 is 0 Å². The molecular formula is C51H37N. The first kappa shape index (κ1) is 31.3. The van der Waals surface area contributed by atoms with Crippen LogP contribution in [-0.2, 0) is 0 Å². The van der Waals surface area contributed by atoms with E-state index in [9.17, 15) is 0 Å². The van der Waals surface area contributed by atoms with Gasteiger partial charge in [-0.15, -0.1) is 0 Å². The molecule has 0 radical (unpaired) electrons. The van der Waals surface area contributed by atoms with Crippen molar-refractivity contribution < 1.29 is 0 Å². The number of hydrogen-bond acceptors (Lipinski definition) is 1. The maximum atomic E-state index is 4.14. The summed E-state index contributed by atoms with van der Waals surface area (Å²) in [7, 11) is 0. The van der Waals surface area contributed by atoms with E-state index in [1.165, 1.54) is 70.9 Å². The molecule has 0 amide bonds. The Labute approximate surface area is 305 Å². The van der Waals surface area contributed by atoms with Crippen molar-refractivity contribution in [3.8, 4) is 22.3 Å². The molecule has 1 heteroatoms. The molecule has 0 aliphatic heterocycles. The Morgan fingerprint density at radius 2 is 0.942 bits per heavy atom. The Morgan fingerprint density at radius 1 is 0.442 bits per heavy atom. The van der Waals surface area contributed by atoms with Crippen molar-refractivity contribution in [3.05, 3.63) is 200 Å². The number of benzene rings is 9. The van der Waals surface area contributed by atoms with Gasteiger partial charge < -0.3 is 4.90 Å². The van der Waals surface area contributed by atoms with Crippen LogP contribution in [-0.4, -0.2) is 0 Å². The first-order valence-electron chi connectivity index (χ1n) is 17.9. The summed E-state index contributed by atoms with van der Waals surface area (Å²) in [5.74, 6) is 0. The van der Waals surface area contributed by atoms with Gasteiger partial charge in [-0.2, -0.15) is 0 Å². The Kier molecular flexibility index (Phi) is 7.95. The van der Waals surface area contributed by atoms with Gasteiger partial charge in [0.25, 0.3) is 0 Å². The fourth-order valence-corrected chi connectivity index (χ4v) is 7.91. The molecule has 0 N–H and O–H groups in total. The standard InChI is InChI=1S/C51H37N/c1-3-14-38-33-49(47-22-11-9-20-45(47)42(38)4-2)36-25-29-40(30-26-36)52(51-24-13-17-35-15-5-8-19-44(35)51)41-31-27-37(28-32-41)50-34-39-16-6-7-18-43(39)46-21-10-12-23-48(46)50/h3-34H,2H2,1H3/b14-3-. The summed E-state index contributed by atoms with van der Waals surface area (Å²) in [6, 6.07) is 64.0. The summed E-state index contributed by atoms with van der Waals surface area (Å²) < 4.78 is 0. The second kappa shape index (κ2) is 13.2. The minimum absolute atomic E-state index is 1.10. The van der Waals surface area contributed by atoms with Crippen molar-refractivity contribution in [2.24, 2.45) is 0 Å². The van der Waals surface area contributed by atoms with Gasteiger partial charge in [0.05, 0.1) is 5.69 Å². The quantitative estimate of drug-likeness (QED) is 0.153. The predicted octanol–water partition coefficient (Wildman–Crippen LogP) is 14.8. The highest BCUT2D eigenvalue weighted by Gasteiger charge is 2.17. The average molecular weight is 664 g/mol. The van der Waals surface area contributed by atoms with Crippen LogP contribution in [0.5, 0.6) is 0 Å². The molecule has 0 saturated heterocycles. The van der Waals surface area contributed by atoms with Gasteiger partial charge in [-0.1, -0.05) is 158 Å². The fraction of sp³-hybridized carbons (Fsp3) is 0.0196. The predicted molar refractivity (Wildman–Crippen MR) is 227 cm³/mol. The number of hydrogen-bond donors (Lipinski definition) is 0. The van der Waals surface area contributed by atoms with E-state index in [0.717, 1.165) is 22.6 Å². The van der Waals surface area contributed by atoms with E-state index in [0.29, 0.717) is 0 Å². The molecule has 0 spiro atoms. The lowest BCUT2D eigenvalue weighted by molar-refractivity contribution is 1.30.